The Bertz CT molecular complexity index is 715. The summed E-state index contributed by atoms with van der Waals surface area (Å²) in [5.74, 6) is 0.939. The quantitative estimate of drug-likeness (QED) is 0.620. The zero-order valence-electron chi connectivity index (χ0n) is 15.3. The van der Waals surface area contributed by atoms with Crippen LogP contribution in [0.5, 0.6) is 0 Å². The van der Waals surface area contributed by atoms with Crippen molar-refractivity contribution in [1.29, 1.82) is 0 Å². The second-order valence-electron chi connectivity index (χ2n) is 7.37. The first-order valence-electron chi connectivity index (χ1n) is 9.22. The molecule has 126 valence electrons. The van der Waals surface area contributed by atoms with Crippen molar-refractivity contribution in [3.63, 3.8) is 0 Å². The molecule has 0 bridgehead atoms. The minimum Gasteiger partial charge on any atom is -0.255 e. The molecule has 0 saturated carbocycles. The highest BCUT2D eigenvalue weighted by Gasteiger charge is 2.18. The Hall–Kier alpha value is -1.96. The smallest absolute Gasteiger partial charge is 0.0876 e. The van der Waals surface area contributed by atoms with Gasteiger partial charge in [-0.05, 0) is 60.3 Å². The highest BCUT2D eigenvalue weighted by molar-refractivity contribution is 6.02. The van der Waals surface area contributed by atoms with Crippen LogP contribution in [0, 0.1) is 0 Å². The second-order valence-corrected chi connectivity index (χ2v) is 7.37. The van der Waals surface area contributed by atoms with Crippen LogP contribution >= 0.6 is 0 Å². The van der Waals surface area contributed by atoms with Crippen LogP contribution in [0.1, 0.15) is 81.2 Å². The van der Waals surface area contributed by atoms with Gasteiger partial charge in [-0.3, -0.25) is 9.98 Å². The SMILES string of the molecule is CC(C)c1cccc(C(C)C)c1N=C1CCCCc2cccnc21. The van der Waals surface area contributed by atoms with Gasteiger partial charge in [0.2, 0.25) is 0 Å². The Kier molecular flexibility index (Phi) is 5.13. The van der Waals surface area contributed by atoms with E-state index in [1.54, 1.807) is 0 Å². The summed E-state index contributed by atoms with van der Waals surface area (Å²) < 4.78 is 0. The average Bonchev–Trinajstić information content (AvgIpc) is 2.77. The molecular formula is C22H28N2. The Balaban J connectivity index is 2.18. The predicted octanol–water partition coefficient (Wildman–Crippen LogP) is 6.18. The maximum Gasteiger partial charge on any atom is 0.0876 e. The fraction of sp³-hybridized carbons (Fsp3) is 0.455. The molecule has 0 fully saturated rings. The monoisotopic (exact) mass is 320 g/mol. The molecule has 0 spiro atoms. The largest absolute Gasteiger partial charge is 0.255 e. The third kappa shape index (κ3) is 3.43. The summed E-state index contributed by atoms with van der Waals surface area (Å²) in [6.07, 6.45) is 6.45. The molecule has 0 N–H and O–H groups in total. The number of aliphatic imine (C=N–C) groups is 1. The molecule has 0 amide bonds. The van der Waals surface area contributed by atoms with Crippen LogP contribution in [0.3, 0.4) is 0 Å². The maximum atomic E-state index is 5.22. The zero-order chi connectivity index (χ0) is 17.1. The molecule has 0 unspecified atom stereocenters. The summed E-state index contributed by atoms with van der Waals surface area (Å²) in [7, 11) is 0. The number of hydrogen-bond donors (Lipinski definition) is 0. The van der Waals surface area contributed by atoms with Crippen LogP contribution in [0.25, 0.3) is 0 Å². The minimum atomic E-state index is 0.469. The molecule has 2 aromatic rings. The van der Waals surface area contributed by atoms with E-state index in [2.05, 4.69) is 56.9 Å². The number of pyridine rings is 1. The highest BCUT2D eigenvalue weighted by atomic mass is 14.8. The van der Waals surface area contributed by atoms with Gasteiger partial charge in [-0.1, -0.05) is 52.0 Å². The van der Waals surface area contributed by atoms with Crippen molar-refractivity contribution < 1.29 is 0 Å². The van der Waals surface area contributed by atoms with E-state index in [4.69, 9.17) is 4.99 Å². The van der Waals surface area contributed by atoms with E-state index in [1.807, 2.05) is 12.3 Å². The van der Waals surface area contributed by atoms with Gasteiger partial charge in [0.25, 0.3) is 0 Å². The summed E-state index contributed by atoms with van der Waals surface area (Å²) in [5.41, 5.74) is 7.49. The van der Waals surface area contributed by atoms with E-state index in [9.17, 15) is 0 Å². The van der Waals surface area contributed by atoms with E-state index in [0.29, 0.717) is 11.8 Å². The number of rotatable bonds is 3. The first-order chi connectivity index (χ1) is 11.6. The molecule has 0 atom stereocenters. The lowest BCUT2D eigenvalue weighted by molar-refractivity contribution is 0.775. The molecule has 2 nitrogen and oxygen atoms in total. The van der Waals surface area contributed by atoms with Gasteiger partial charge in [0.05, 0.1) is 17.1 Å². The van der Waals surface area contributed by atoms with Crippen molar-refractivity contribution in [3.8, 4) is 0 Å². The molecule has 1 aliphatic carbocycles. The molecule has 0 radical (unpaired) electrons. The van der Waals surface area contributed by atoms with Crippen LogP contribution in [-0.2, 0) is 6.42 Å². The van der Waals surface area contributed by atoms with E-state index >= 15 is 0 Å². The second kappa shape index (κ2) is 7.29. The predicted molar refractivity (Wildman–Crippen MR) is 103 cm³/mol. The van der Waals surface area contributed by atoms with Gasteiger partial charge in [0, 0.05) is 6.20 Å². The number of aromatic nitrogens is 1. The summed E-state index contributed by atoms with van der Waals surface area (Å²) >= 11 is 0. The summed E-state index contributed by atoms with van der Waals surface area (Å²) in [5, 5.41) is 0. The van der Waals surface area contributed by atoms with Gasteiger partial charge in [0.1, 0.15) is 0 Å². The number of benzene rings is 1. The van der Waals surface area contributed by atoms with E-state index in [-0.39, 0.29) is 0 Å². The summed E-state index contributed by atoms with van der Waals surface area (Å²) in [4.78, 5) is 9.89. The lowest BCUT2D eigenvalue weighted by Gasteiger charge is -2.17. The number of hydrogen-bond acceptors (Lipinski definition) is 2. The molecule has 1 heterocycles. The van der Waals surface area contributed by atoms with E-state index < -0.39 is 0 Å². The molecule has 1 aromatic carbocycles. The zero-order valence-corrected chi connectivity index (χ0v) is 15.3. The fourth-order valence-corrected chi connectivity index (χ4v) is 3.51. The summed E-state index contributed by atoms with van der Waals surface area (Å²) in [6, 6.07) is 10.9. The number of aryl methyl sites for hydroxylation is 1. The summed E-state index contributed by atoms with van der Waals surface area (Å²) in [6.45, 7) is 9.01. The third-order valence-electron chi connectivity index (χ3n) is 4.86. The Morgan fingerprint density at radius 3 is 2.21 bits per heavy atom. The minimum absolute atomic E-state index is 0.469. The molecule has 1 aliphatic rings. The third-order valence-corrected chi connectivity index (χ3v) is 4.86. The van der Waals surface area contributed by atoms with Crippen molar-refractivity contribution >= 4 is 11.4 Å². The number of para-hydroxylation sites is 1. The first-order valence-corrected chi connectivity index (χ1v) is 9.22. The molecular weight excluding hydrogens is 292 g/mol. The lowest BCUT2D eigenvalue weighted by atomic mass is 9.92. The van der Waals surface area contributed by atoms with Crippen molar-refractivity contribution in [2.24, 2.45) is 4.99 Å². The molecule has 24 heavy (non-hydrogen) atoms. The fourth-order valence-electron chi connectivity index (χ4n) is 3.51. The van der Waals surface area contributed by atoms with Crippen LogP contribution < -0.4 is 0 Å². The van der Waals surface area contributed by atoms with Gasteiger partial charge >= 0.3 is 0 Å². The standard InChI is InChI=1S/C22H28N2/c1-15(2)18-11-7-12-19(16(3)4)22(18)24-20-13-6-5-9-17-10-8-14-23-21(17)20/h7-8,10-12,14-16H,5-6,9,13H2,1-4H3. The molecule has 1 aromatic heterocycles. The van der Waals surface area contributed by atoms with Crippen molar-refractivity contribution in [2.75, 3.05) is 0 Å². The van der Waals surface area contributed by atoms with E-state index in [1.165, 1.54) is 35.2 Å². The van der Waals surface area contributed by atoms with Crippen molar-refractivity contribution in [3.05, 3.63) is 58.9 Å². The number of fused-ring (bicyclic) bond motifs is 1. The van der Waals surface area contributed by atoms with Crippen LogP contribution in [0.15, 0.2) is 41.5 Å². The average molecular weight is 320 g/mol. The Morgan fingerprint density at radius 2 is 1.54 bits per heavy atom. The molecule has 3 rings (SSSR count). The maximum absolute atomic E-state index is 5.22. The van der Waals surface area contributed by atoms with Gasteiger partial charge in [-0.15, -0.1) is 0 Å². The Labute approximate surface area is 146 Å². The van der Waals surface area contributed by atoms with Gasteiger partial charge in [0.15, 0.2) is 0 Å². The van der Waals surface area contributed by atoms with Gasteiger partial charge in [-0.2, -0.15) is 0 Å². The molecule has 2 heteroatoms. The Morgan fingerprint density at radius 1 is 0.875 bits per heavy atom. The molecule has 0 saturated heterocycles. The molecule has 0 aliphatic heterocycles. The lowest BCUT2D eigenvalue weighted by Crippen LogP contribution is -2.06. The normalized spacial score (nSPS) is 16.5. The van der Waals surface area contributed by atoms with Crippen molar-refractivity contribution in [1.82, 2.24) is 4.98 Å². The van der Waals surface area contributed by atoms with Gasteiger partial charge < -0.3 is 0 Å². The van der Waals surface area contributed by atoms with Crippen molar-refractivity contribution in [2.45, 2.75) is 65.2 Å². The topological polar surface area (TPSA) is 25.2 Å². The van der Waals surface area contributed by atoms with Gasteiger partial charge in [-0.25, -0.2) is 0 Å². The first kappa shape index (κ1) is 16.9. The number of nitrogens with zero attached hydrogens (tertiary/aromatic N) is 2. The van der Waals surface area contributed by atoms with Crippen LogP contribution in [0.4, 0.5) is 5.69 Å². The van der Waals surface area contributed by atoms with Crippen LogP contribution in [0.2, 0.25) is 0 Å². The van der Waals surface area contributed by atoms with E-state index in [0.717, 1.165) is 24.2 Å². The van der Waals surface area contributed by atoms with Crippen LogP contribution in [-0.4, -0.2) is 10.7 Å². The highest BCUT2D eigenvalue weighted by Crippen LogP contribution is 2.36.